The molecule has 0 radical (unpaired) electrons. The number of Topliss-reactive ketones (excluding diaryl/α,β-unsaturated/α-hetero) is 1. The van der Waals surface area contributed by atoms with E-state index in [0.29, 0.717) is 12.0 Å². The van der Waals surface area contributed by atoms with Crippen LogP contribution in [0.3, 0.4) is 0 Å². The summed E-state index contributed by atoms with van der Waals surface area (Å²) >= 11 is 0. The lowest BCUT2D eigenvalue weighted by atomic mass is 10.0. The number of quaternary nitrogens is 1. The molecule has 1 aliphatic heterocycles. The fourth-order valence-corrected chi connectivity index (χ4v) is 4.02. The second-order valence-corrected chi connectivity index (χ2v) is 7.78. The van der Waals surface area contributed by atoms with Crippen LogP contribution in [0.2, 0.25) is 0 Å². The van der Waals surface area contributed by atoms with E-state index in [1.54, 1.807) is 0 Å². The number of amides is 1. The number of hydrogen-bond acceptors (Lipinski definition) is 2. The lowest BCUT2D eigenvalue weighted by molar-refractivity contribution is -0.917. The summed E-state index contributed by atoms with van der Waals surface area (Å²) in [5.74, 6) is 0.135. The van der Waals surface area contributed by atoms with Crippen LogP contribution in [0.1, 0.15) is 28.8 Å². The van der Waals surface area contributed by atoms with E-state index in [4.69, 9.17) is 0 Å². The Bertz CT molecular complexity index is 992. The lowest BCUT2D eigenvalue weighted by Crippen LogP contribution is -3.13. The molecule has 148 valence electrons. The zero-order chi connectivity index (χ0) is 20.1. The average molecular weight is 388 g/mol. The monoisotopic (exact) mass is 387 g/mol. The summed E-state index contributed by atoms with van der Waals surface area (Å²) in [6.07, 6.45) is 0.563. The van der Waals surface area contributed by atoms with Crippen LogP contribution in [-0.2, 0) is 11.3 Å². The molecule has 3 aromatic carbocycles. The van der Waals surface area contributed by atoms with Crippen molar-refractivity contribution < 1.29 is 14.5 Å². The maximum Gasteiger partial charge on any atom is 0.223 e. The van der Waals surface area contributed by atoms with E-state index in [9.17, 15) is 9.59 Å². The number of carbonyl (C=O) groups excluding carboxylic acids is 2. The van der Waals surface area contributed by atoms with E-state index in [2.05, 4.69) is 24.3 Å². The Labute approximate surface area is 171 Å². The molecule has 4 heteroatoms. The molecule has 3 aromatic rings. The number of piperazine rings is 1. The van der Waals surface area contributed by atoms with Crippen molar-refractivity contribution in [1.82, 2.24) is 4.90 Å². The number of nitrogens with zero attached hydrogens (tertiary/aromatic N) is 1. The zero-order valence-electron chi connectivity index (χ0n) is 16.6. The Balaban J connectivity index is 1.26. The predicted octanol–water partition coefficient (Wildman–Crippen LogP) is 2.73. The number of rotatable bonds is 6. The maximum absolute atomic E-state index is 12.6. The Morgan fingerprint density at radius 2 is 1.48 bits per heavy atom. The van der Waals surface area contributed by atoms with Crippen LogP contribution >= 0.6 is 0 Å². The molecule has 0 spiro atoms. The van der Waals surface area contributed by atoms with Gasteiger partial charge in [-0.25, -0.2) is 0 Å². The van der Waals surface area contributed by atoms with Crippen LogP contribution in [0.5, 0.6) is 0 Å². The topological polar surface area (TPSA) is 41.8 Å². The number of nitrogens with one attached hydrogen (secondary N) is 1. The van der Waals surface area contributed by atoms with Crippen LogP contribution in [0.15, 0.2) is 72.8 Å². The van der Waals surface area contributed by atoms with Crippen molar-refractivity contribution in [3.8, 4) is 0 Å². The summed E-state index contributed by atoms with van der Waals surface area (Å²) in [7, 11) is 0. The lowest BCUT2D eigenvalue weighted by Gasteiger charge is -2.32. The molecule has 4 nitrogen and oxygen atoms in total. The van der Waals surface area contributed by atoms with Crippen molar-refractivity contribution in [1.29, 1.82) is 0 Å². The van der Waals surface area contributed by atoms with Crippen molar-refractivity contribution >= 4 is 22.5 Å². The largest absolute Gasteiger partial charge is 0.331 e. The second-order valence-electron chi connectivity index (χ2n) is 7.78. The van der Waals surface area contributed by atoms with Crippen LogP contribution < -0.4 is 4.90 Å². The highest BCUT2D eigenvalue weighted by Gasteiger charge is 2.24. The van der Waals surface area contributed by atoms with E-state index < -0.39 is 0 Å². The van der Waals surface area contributed by atoms with E-state index >= 15 is 0 Å². The summed E-state index contributed by atoms with van der Waals surface area (Å²) in [6.45, 7) is 4.46. The van der Waals surface area contributed by atoms with Gasteiger partial charge in [-0.2, -0.15) is 0 Å². The highest BCUT2D eigenvalue weighted by Crippen LogP contribution is 2.17. The zero-order valence-corrected chi connectivity index (χ0v) is 16.6. The first-order valence-electron chi connectivity index (χ1n) is 10.4. The molecule has 0 bridgehead atoms. The van der Waals surface area contributed by atoms with Gasteiger partial charge in [0.2, 0.25) is 5.91 Å². The molecule has 0 saturated carbocycles. The fraction of sp³-hybridized carbons (Fsp3) is 0.280. The standard InChI is InChI=1S/C25H26N2O2/c28-24(23-11-10-21-8-4-5-9-22(21)18-23)12-13-25(29)27-16-14-26(15-17-27)19-20-6-2-1-3-7-20/h1-11,18H,12-17,19H2/p+1. The molecule has 29 heavy (non-hydrogen) atoms. The summed E-state index contributed by atoms with van der Waals surface area (Å²) in [5, 5.41) is 2.18. The highest BCUT2D eigenvalue weighted by molar-refractivity contribution is 6.01. The van der Waals surface area contributed by atoms with E-state index in [0.717, 1.165) is 43.5 Å². The van der Waals surface area contributed by atoms with Gasteiger partial charge >= 0.3 is 0 Å². The van der Waals surface area contributed by atoms with Crippen molar-refractivity contribution in [3.63, 3.8) is 0 Å². The molecule has 0 aromatic heterocycles. The number of ketones is 1. The molecule has 1 saturated heterocycles. The minimum Gasteiger partial charge on any atom is -0.331 e. The molecule has 1 heterocycles. The smallest absolute Gasteiger partial charge is 0.223 e. The van der Waals surface area contributed by atoms with Gasteiger partial charge in [-0.05, 0) is 16.8 Å². The van der Waals surface area contributed by atoms with Gasteiger partial charge in [0.1, 0.15) is 6.54 Å². The van der Waals surface area contributed by atoms with Crippen molar-refractivity contribution in [3.05, 3.63) is 83.9 Å². The quantitative estimate of drug-likeness (QED) is 0.661. The molecule has 0 atom stereocenters. The Hall–Kier alpha value is -2.98. The Kier molecular flexibility index (Phi) is 6.01. The SMILES string of the molecule is O=C(CCC(=O)N1CC[NH+](Cc2ccccc2)CC1)c1ccc2ccccc2c1. The van der Waals surface area contributed by atoms with E-state index in [1.807, 2.05) is 53.4 Å². The van der Waals surface area contributed by atoms with Crippen LogP contribution in [0.25, 0.3) is 10.8 Å². The van der Waals surface area contributed by atoms with Gasteiger partial charge in [0, 0.05) is 24.0 Å². The second kappa shape index (κ2) is 9.01. The summed E-state index contributed by atoms with van der Waals surface area (Å²) in [4.78, 5) is 28.6. The third-order valence-electron chi connectivity index (χ3n) is 5.76. The molecule has 1 amide bonds. The van der Waals surface area contributed by atoms with Crippen LogP contribution in [0.4, 0.5) is 0 Å². The third kappa shape index (κ3) is 4.90. The Morgan fingerprint density at radius 1 is 0.793 bits per heavy atom. The van der Waals surface area contributed by atoms with Gasteiger partial charge in [-0.15, -0.1) is 0 Å². The molecule has 1 aliphatic rings. The number of fused-ring (bicyclic) bond motifs is 1. The molecule has 4 rings (SSSR count). The van der Waals surface area contributed by atoms with Crippen molar-refractivity contribution in [2.45, 2.75) is 19.4 Å². The number of benzene rings is 3. The summed E-state index contributed by atoms with van der Waals surface area (Å²) < 4.78 is 0. The molecule has 1 fully saturated rings. The molecule has 0 unspecified atom stereocenters. The maximum atomic E-state index is 12.6. The normalized spacial score (nSPS) is 14.8. The van der Waals surface area contributed by atoms with Gasteiger partial charge in [0.25, 0.3) is 0 Å². The summed E-state index contributed by atoms with van der Waals surface area (Å²) in [5.41, 5.74) is 2.02. The summed E-state index contributed by atoms with van der Waals surface area (Å²) in [6, 6.07) is 24.3. The Morgan fingerprint density at radius 3 is 2.24 bits per heavy atom. The van der Waals surface area contributed by atoms with E-state index in [1.165, 1.54) is 10.5 Å². The first-order valence-corrected chi connectivity index (χ1v) is 10.4. The fourth-order valence-electron chi connectivity index (χ4n) is 4.02. The molecular formula is C25H27N2O2+. The van der Waals surface area contributed by atoms with Gasteiger partial charge in [0.15, 0.2) is 5.78 Å². The molecule has 0 aliphatic carbocycles. The minimum absolute atomic E-state index is 0.0393. The van der Waals surface area contributed by atoms with Crippen molar-refractivity contribution in [2.75, 3.05) is 26.2 Å². The van der Waals surface area contributed by atoms with Crippen LogP contribution in [-0.4, -0.2) is 42.8 Å². The van der Waals surface area contributed by atoms with Gasteiger partial charge in [-0.3, -0.25) is 9.59 Å². The predicted molar refractivity (Wildman–Crippen MR) is 115 cm³/mol. The first-order chi connectivity index (χ1) is 14.2. The first kappa shape index (κ1) is 19.3. The van der Waals surface area contributed by atoms with Crippen LogP contribution in [0, 0.1) is 0 Å². The minimum atomic E-state index is 0.0393. The third-order valence-corrected chi connectivity index (χ3v) is 5.76. The van der Waals surface area contributed by atoms with Crippen molar-refractivity contribution in [2.24, 2.45) is 0 Å². The van der Waals surface area contributed by atoms with Gasteiger partial charge < -0.3 is 9.80 Å². The average Bonchev–Trinajstić information content (AvgIpc) is 2.78. The van der Waals surface area contributed by atoms with Gasteiger partial charge in [0.05, 0.1) is 26.2 Å². The molecule has 1 N–H and O–H groups in total. The number of hydrogen-bond donors (Lipinski definition) is 1. The number of carbonyl (C=O) groups is 2. The molecular weight excluding hydrogens is 360 g/mol. The highest BCUT2D eigenvalue weighted by atomic mass is 16.2. The van der Waals surface area contributed by atoms with Gasteiger partial charge in [-0.1, -0.05) is 66.7 Å². The van der Waals surface area contributed by atoms with E-state index in [-0.39, 0.29) is 18.1 Å².